The minimum Gasteiger partial charge on any atom is -0.507 e. The molecule has 0 aliphatic heterocycles. The summed E-state index contributed by atoms with van der Waals surface area (Å²) in [6, 6.07) is 4.02. The molecule has 2 N–H and O–H groups in total. The molecule has 0 spiro atoms. The van der Waals surface area contributed by atoms with E-state index in [4.69, 9.17) is 12.2 Å². The van der Waals surface area contributed by atoms with Crippen molar-refractivity contribution >= 4 is 18.4 Å². The van der Waals surface area contributed by atoms with E-state index in [2.05, 4.69) is 70.7 Å². The summed E-state index contributed by atoms with van der Waals surface area (Å²) in [5.41, 5.74) is 2.40. The highest BCUT2D eigenvalue weighted by Crippen LogP contribution is 2.39. The van der Waals surface area contributed by atoms with Gasteiger partial charge in [-0.25, -0.2) is 0 Å². The standard InChI is InChI=1S/C22H34N4OS/c1-9-15(10-2)19-24-25-20(28)26(19)23-13-14-11-16(21(3,4)5)18(27)17(12-14)22(6,7)8/h11-13,15,27H,9-10H2,1-8H3,(H,25,28)/b23-13-. The lowest BCUT2D eigenvalue weighted by Gasteiger charge is -2.27. The van der Waals surface area contributed by atoms with E-state index in [1.54, 1.807) is 10.9 Å². The zero-order valence-electron chi connectivity index (χ0n) is 18.4. The van der Waals surface area contributed by atoms with Gasteiger partial charge in [-0.3, -0.25) is 5.10 Å². The highest BCUT2D eigenvalue weighted by atomic mass is 32.1. The molecule has 1 heterocycles. The van der Waals surface area contributed by atoms with Gasteiger partial charge in [-0.15, -0.1) is 0 Å². The smallest absolute Gasteiger partial charge is 0.216 e. The summed E-state index contributed by atoms with van der Waals surface area (Å²) in [7, 11) is 0. The van der Waals surface area contributed by atoms with Crippen LogP contribution in [0.15, 0.2) is 17.2 Å². The van der Waals surface area contributed by atoms with E-state index in [1.165, 1.54) is 0 Å². The van der Waals surface area contributed by atoms with Crippen molar-refractivity contribution in [2.45, 2.75) is 85.0 Å². The fourth-order valence-corrected chi connectivity index (χ4v) is 3.52. The number of nitrogens with zero attached hydrogens (tertiary/aromatic N) is 3. The summed E-state index contributed by atoms with van der Waals surface area (Å²) in [6.45, 7) is 16.9. The number of benzene rings is 1. The zero-order valence-corrected chi connectivity index (χ0v) is 19.2. The van der Waals surface area contributed by atoms with Crippen LogP contribution < -0.4 is 0 Å². The Morgan fingerprint density at radius 3 is 2.04 bits per heavy atom. The second kappa shape index (κ2) is 8.19. The Labute approximate surface area is 173 Å². The normalized spacial score (nSPS) is 13.0. The molecule has 1 aromatic carbocycles. The number of rotatable bonds is 5. The van der Waals surface area contributed by atoms with Crippen LogP contribution >= 0.6 is 12.2 Å². The summed E-state index contributed by atoms with van der Waals surface area (Å²) in [5, 5.41) is 22.8. The third-order valence-electron chi connectivity index (χ3n) is 5.10. The van der Waals surface area contributed by atoms with Crippen molar-refractivity contribution in [1.82, 2.24) is 14.9 Å². The molecule has 0 bridgehead atoms. The van der Waals surface area contributed by atoms with Crippen molar-refractivity contribution in [2.24, 2.45) is 5.10 Å². The van der Waals surface area contributed by atoms with E-state index < -0.39 is 0 Å². The van der Waals surface area contributed by atoms with Crippen LogP contribution in [-0.2, 0) is 10.8 Å². The predicted octanol–water partition coefficient (Wildman–Crippen LogP) is 6.03. The second-order valence-corrected chi connectivity index (χ2v) is 9.81. The van der Waals surface area contributed by atoms with E-state index in [0.717, 1.165) is 35.4 Å². The Hall–Kier alpha value is -1.95. The first-order valence-electron chi connectivity index (χ1n) is 9.99. The van der Waals surface area contributed by atoms with Crippen LogP contribution in [0.2, 0.25) is 0 Å². The van der Waals surface area contributed by atoms with Gasteiger partial charge in [-0.2, -0.15) is 14.9 Å². The first-order valence-corrected chi connectivity index (χ1v) is 10.4. The molecule has 2 aromatic rings. The molecule has 0 saturated heterocycles. The Morgan fingerprint density at radius 2 is 1.61 bits per heavy atom. The van der Waals surface area contributed by atoms with Crippen LogP contribution in [0.3, 0.4) is 0 Å². The van der Waals surface area contributed by atoms with Crippen molar-refractivity contribution in [3.8, 4) is 5.75 Å². The molecule has 0 saturated carbocycles. The average molecular weight is 403 g/mol. The van der Waals surface area contributed by atoms with Crippen LogP contribution in [-0.4, -0.2) is 26.2 Å². The molecule has 0 amide bonds. The van der Waals surface area contributed by atoms with Gasteiger partial charge in [0, 0.05) is 17.0 Å². The molecule has 0 aliphatic carbocycles. The number of phenolic OH excluding ortho intramolecular Hbond substituents is 1. The van der Waals surface area contributed by atoms with Crippen molar-refractivity contribution < 1.29 is 5.11 Å². The lowest BCUT2D eigenvalue weighted by atomic mass is 9.78. The van der Waals surface area contributed by atoms with E-state index in [9.17, 15) is 5.11 Å². The lowest BCUT2D eigenvalue weighted by Crippen LogP contribution is -2.18. The van der Waals surface area contributed by atoms with E-state index in [1.807, 2.05) is 12.1 Å². The molecule has 154 valence electrons. The lowest BCUT2D eigenvalue weighted by molar-refractivity contribution is 0.423. The van der Waals surface area contributed by atoms with E-state index in [0.29, 0.717) is 16.4 Å². The summed E-state index contributed by atoms with van der Waals surface area (Å²) in [4.78, 5) is 0. The first kappa shape index (κ1) is 22.3. The highest BCUT2D eigenvalue weighted by molar-refractivity contribution is 7.71. The van der Waals surface area contributed by atoms with E-state index in [-0.39, 0.29) is 10.8 Å². The molecule has 0 atom stereocenters. The van der Waals surface area contributed by atoms with Crippen molar-refractivity contribution in [3.05, 3.63) is 39.4 Å². The van der Waals surface area contributed by atoms with Gasteiger partial charge < -0.3 is 5.11 Å². The van der Waals surface area contributed by atoms with Crippen molar-refractivity contribution in [2.75, 3.05) is 0 Å². The largest absolute Gasteiger partial charge is 0.507 e. The minimum absolute atomic E-state index is 0.180. The summed E-state index contributed by atoms with van der Waals surface area (Å²) < 4.78 is 2.21. The average Bonchev–Trinajstić information content (AvgIpc) is 2.94. The van der Waals surface area contributed by atoms with Crippen LogP contribution in [0.25, 0.3) is 0 Å². The summed E-state index contributed by atoms with van der Waals surface area (Å²) >= 11 is 5.39. The second-order valence-electron chi connectivity index (χ2n) is 9.42. The maximum absolute atomic E-state index is 10.9. The number of phenols is 1. The first-order chi connectivity index (χ1) is 12.9. The Morgan fingerprint density at radius 1 is 1.11 bits per heavy atom. The van der Waals surface area contributed by atoms with E-state index >= 15 is 0 Å². The number of aromatic nitrogens is 3. The highest BCUT2D eigenvalue weighted by Gasteiger charge is 2.26. The SMILES string of the molecule is CCC(CC)c1n[nH]c(=S)n1/N=C\c1cc(C(C)(C)C)c(O)c(C(C)(C)C)c1. The molecule has 0 radical (unpaired) electrons. The maximum Gasteiger partial charge on any atom is 0.216 e. The van der Waals surface area contributed by atoms with Gasteiger partial charge in [0.1, 0.15) is 5.75 Å². The number of nitrogens with one attached hydrogen (secondary N) is 1. The molecule has 0 fully saturated rings. The quantitative estimate of drug-likeness (QED) is 0.474. The van der Waals surface area contributed by atoms with Gasteiger partial charge in [0.15, 0.2) is 5.82 Å². The summed E-state index contributed by atoms with van der Waals surface area (Å²) in [5.74, 6) is 1.53. The number of hydrogen-bond acceptors (Lipinski definition) is 4. The number of aromatic amines is 1. The van der Waals surface area contributed by atoms with Gasteiger partial charge in [0.25, 0.3) is 0 Å². The molecule has 28 heavy (non-hydrogen) atoms. The third-order valence-corrected chi connectivity index (χ3v) is 5.36. The molecule has 6 heteroatoms. The van der Waals surface area contributed by atoms with Crippen molar-refractivity contribution in [3.63, 3.8) is 0 Å². The Kier molecular flexibility index (Phi) is 6.54. The molecule has 1 aromatic heterocycles. The van der Waals surface area contributed by atoms with Gasteiger partial charge in [-0.05, 0) is 53.6 Å². The molecule has 0 unspecified atom stereocenters. The fourth-order valence-electron chi connectivity index (χ4n) is 3.33. The number of hydrogen-bond donors (Lipinski definition) is 2. The zero-order chi connectivity index (χ0) is 21.3. The maximum atomic E-state index is 10.9. The van der Waals surface area contributed by atoms with Crippen molar-refractivity contribution in [1.29, 1.82) is 0 Å². The molecule has 2 rings (SSSR count). The Balaban J connectivity index is 2.59. The van der Waals surface area contributed by atoms with Crippen LogP contribution in [0, 0.1) is 4.77 Å². The molecule has 0 aliphatic rings. The molecular formula is C22H34N4OS. The predicted molar refractivity (Wildman–Crippen MR) is 119 cm³/mol. The monoisotopic (exact) mass is 402 g/mol. The minimum atomic E-state index is -0.180. The van der Waals surface area contributed by atoms with Gasteiger partial charge >= 0.3 is 0 Å². The molecular weight excluding hydrogens is 368 g/mol. The molecule has 5 nitrogen and oxygen atoms in total. The third kappa shape index (κ3) is 4.72. The summed E-state index contributed by atoms with van der Waals surface area (Å²) in [6.07, 6.45) is 3.77. The number of aromatic hydroxyl groups is 1. The Bertz CT molecular complexity index is 871. The topological polar surface area (TPSA) is 66.2 Å². The fraction of sp³-hybridized carbons (Fsp3) is 0.591. The van der Waals surface area contributed by atoms with Gasteiger partial charge in [0.05, 0.1) is 6.21 Å². The van der Waals surface area contributed by atoms with Crippen LogP contribution in [0.4, 0.5) is 0 Å². The number of H-pyrrole nitrogens is 1. The van der Waals surface area contributed by atoms with Gasteiger partial charge in [-0.1, -0.05) is 55.4 Å². The van der Waals surface area contributed by atoms with Gasteiger partial charge in [0.2, 0.25) is 4.77 Å². The van der Waals surface area contributed by atoms with Crippen LogP contribution in [0.1, 0.15) is 96.7 Å². The van der Waals surface area contributed by atoms with Crippen LogP contribution in [0.5, 0.6) is 5.75 Å².